The van der Waals surface area contributed by atoms with Crippen molar-refractivity contribution in [3.8, 4) is 67.5 Å². The molecule has 12 aromatic heterocycles. The standard InChI is InChI=1S/3C12H4F3N2S.3C12H5F2N2S.6CH4.6Ir/c13-6-3-8(10(15)9(14)4-6)11-7-1-2-18-12(7)17-5-16-11;13-8-3-6(4-9(14)10(8)15)11-7-1-2-18-12(7)17-5-16-11;13-8-2-1-6(9(14)10(8)15)11-7-3-4-18-12(7)17-5-16-11;13-8-3-7(4-9(14)5-8)11-10-1-2-17-12(10)16-6-15-11;13-7-1-2-10(14)9(5-7)11-8-3-4-17-12(8)16-6-15-11;13-9-2-1-7(5-10(9)14)11-8-3-4-17-12(8)16-6-15-11;;;;;;;;;;;;/h1-2,4-5H;1-3,5H;2-5H;1-3,5-6H;1-4,6H;2-6H;6*1H4;;;;;;/q6*-1;;;;;;;;;;;;. The van der Waals surface area contributed by atoms with Gasteiger partial charge in [0, 0.05) is 184 Å². The van der Waals surface area contributed by atoms with Gasteiger partial charge >= 0.3 is 0 Å². The fourth-order valence-corrected chi connectivity index (χ4v) is 14.2. The molecule has 12 nitrogen and oxygen atoms in total. The van der Waals surface area contributed by atoms with Crippen molar-refractivity contribution in [2.75, 3.05) is 0 Å². The van der Waals surface area contributed by atoms with Crippen LogP contribution in [0.1, 0.15) is 44.6 Å². The Morgan fingerprint density at radius 3 is 0.991 bits per heavy atom. The minimum Gasteiger partial charge on any atom is -0.285 e. The third-order valence-electron chi connectivity index (χ3n) is 14.4. The molecular weight excluding hydrogens is 2740 g/mol. The number of thiophene rings is 6. The fraction of sp³-hybridized carbons (Fsp3) is 0.0769. The fourth-order valence-electron chi connectivity index (χ4n) is 9.77. The zero-order valence-electron chi connectivity index (χ0n) is 53.6. The number of halogens is 15. The number of hydrogen-bond donors (Lipinski definition) is 0. The van der Waals surface area contributed by atoms with Crippen LogP contribution in [0.3, 0.4) is 0 Å². The Morgan fingerprint density at radius 2 is 0.581 bits per heavy atom. The van der Waals surface area contributed by atoms with E-state index in [4.69, 9.17) is 0 Å². The van der Waals surface area contributed by atoms with Crippen molar-refractivity contribution in [2.24, 2.45) is 0 Å². The summed E-state index contributed by atoms with van der Waals surface area (Å²) in [6.07, 6.45) is 7.90. The predicted octanol–water partition coefficient (Wildman–Crippen LogP) is 24.8. The summed E-state index contributed by atoms with van der Waals surface area (Å²) in [7, 11) is 0. The SMILES string of the molecule is C.C.C.C.C.C.Fc1[c-]c(-c2ncnc3sccc23)c(F)c(F)c1.Fc1[c-]c(-c2ncnc3sccc23)c(F)cc1.Fc1[c-]c(-c2ncnc3sccc23)cc(F)c1.Fc1[c-]c(-c2ncnc3sccc23)cc(F)c1F.Fc1c[c-]c(-c2ncnc3sccc23)c(F)c1F.Fc1c[c-]c(-c2ncnc3sccc23)cc1F.[Ir].[Ir].[Ir].[Ir].[Ir].[Ir]. The van der Waals surface area contributed by atoms with E-state index in [0.29, 0.717) is 76.0 Å². The molecule has 0 saturated carbocycles. The predicted molar refractivity (Wildman–Crippen MR) is 410 cm³/mol. The summed E-state index contributed by atoms with van der Waals surface area (Å²) >= 11 is 8.42. The second kappa shape index (κ2) is 48.6. The molecule has 0 N–H and O–H groups in total. The molecule has 0 bridgehead atoms. The van der Waals surface area contributed by atoms with Gasteiger partial charge in [0.1, 0.15) is 78.6 Å². The van der Waals surface area contributed by atoms with Crippen molar-refractivity contribution < 1.29 is 186 Å². The Kier molecular flexibility index (Phi) is 44.6. The van der Waals surface area contributed by atoms with Gasteiger partial charge in [0.2, 0.25) is 0 Å². The first-order valence-corrected chi connectivity index (χ1v) is 34.5. The maximum atomic E-state index is 13.7. The van der Waals surface area contributed by atoms with Crippen LogP contribution >= 0.6 is 68.0 Å². The van der Waals surface area contributed by atoms with Gasteiger partial charge < -0.3 is 0 Å². The van der Waals surface area contributed by atoms with Crippen LogP contribution in [0.5, 0.6) is 0 Å². The maximum absolute atomic E-state index is 13.7. The zero-order chi connectivity index (χ0) is 73.6. The molecule has 0 aliphatic heterocycles. The molecule has 6 aromatic carbocycles. The molecule has 0 aliphatic rings. The third kappa shape index (κ3) is 24.6. The second-order valence-electron chi connectivity index (χ2n) is 20.8. The number of benzene rings is 6. The molecule has 0 aliphatic carbocycles. The smallest absolute Gasteiger partial charge is 0.117 e. The Hall–Kier alpha value is -7.59. The van der Waals surface area contributed by atoms with E-state index in [9.17, 15) is 65.9 Å². The van der Waals surface area contributed by atoms with Crippen LogP contribution in [0.15, 0.2) is 161 Å². The van der Waals surface area contributed by atoms with Crippen molar-refractivity contribution in [2.45, 2.75) is 44.6 Å². The molecular formula is C78H51F15Ir6N12S6-6. The van der Waals surface area contributed by atoms with Crippen LogP contribution in [0.25, 0.3) is 129 Å². The normalized spacial score (nSPS) is 9.87. The topological polar surface area (TPSA) is 155 Å². The molecule has 12 heterocycles. The summed E-state index contributed by atoms with van der Waals surface area (Å²) in [5.74, 6) is -16.0. The van der Waals surface area contributed by atoms with Gasteiger partial charge in [0.25, 0.3) is 0 Å². The van der Waals surface area contributed by atoms with Crippen molar-refractivity contribution in [3.05, 3.63) is 285 Å². The summed E-state index contributed by atoms with van der Waals surface area (Å²) in [5, 5.41) is 15.0. The van der Waals surface area contributed by atoms with Gasteiger partial charge in [-0.15, -0.1) is 164 Å². The minimum atomic E-state index is -1.53. The summed E-state index contributed by atoms with van der Waals surface area (Å²) in [4.78, 5) is 52.5. The number of fused-ring (bicyclic) bond motifs is 6. The molecule has 0 atom stereocenters. The number of hydrogen-bond acceptors (Lipinski definition) is 18. The first-order chi connectivity index (χ1) is 50.8. The van der Waals surface area contributed by atoms with Crippen molar-refractivity contribution >= 4 is 129 Å². The van der Waals surface area contributed by atoms with Gasteiger partial charge in [-0.05, 0) is 101 Å². The van der Waals surface area contributed by atoms with Gasteiger partial charge in [-0.1, -0.05) is 73.4 Å². The van der Waals surface area contributed by atoms with Crippen LogP contribution in [0, 0.1) is 124 Å². The average molecular weight is 2790 g/mol. The maximum Gasteiger partial charge on any atom is 0.117 e. The first-order valence-electron chi connectivity index (χ1n) is 29.2. The quantitative estimate of drug-likeness (QED) is 0.0673. The largest absolute Gasteiger partial charge is 0.285 e. The van der Waals surface area contributed by atoms with E-state index in [-0.39, 0.29) is 199 Å². The van der Waals surface area contributed by atoms with Crippen molar-refractivity contribution in [3.63, 3.8) is 0 Å². The Bertz CT molecular complexity index is 6220. The van der Waals surface area contributed by atoms with Gasteiger partial charge in [0.15, 0.2) is 0 Å². The molecule has 0 unspecified atom stereocenters. The Labute approximate surface area is 764 Å². The van der Waals surface area contributed by atoms with E-state index in [1.54, 1.807) is 40.4 Å². The monoisotopic (exact) mass is 2790 g/mol. The number of rotatable bonds is 6. The molecule has 0 amide bonds. The second-order valence-corrected chi connectivity index (χ2v) is 26.1. The first kappa shape index (κ1) is 107. The number of aromatic nitrogens is 12. The van der Waals surface area contributed by atoms with Gasteiger partial charge in [-0.2, -0.15) is 0 Å². The van der Waals surface area contributed by atoms with E-state index in [0.717, 1.165) is 67.7 Å². The van der Waals surface area contributed by atoms with Crippen LogP contribution in [0.4, 0.5) is 65.9 Å². The molecule has 18 aromatic rings. The minimum absolute atomic E-state index is 0. The molecule has 0 saturated heterocycles. The van der Waals surface area contributed by atoms with Gasteiger partial charge in [0.05, 0.1) is 46.5 Å². The molecule has 624 valence electrons. The molecule has 0 fully saturated rings. The van der Waals surface area contributed by atoms with Gasteiger partial charge in [-0.25, -0.2) is 69.4 Å². The van der Waals surface area contributed by atoms with E-state index in [1.807, 2.05) is 28.3 Å². The third-order valence-corrected chi connectivity index (χ3v) is 19.3. The van der Waals surface area contributed by atoms with Crippen LogP contribution < -0.4 is 0 Å². The summed E-state index contributed by atoms with van der Waals surface area (Å²) < 4.78 is 198. The van der Waals surface area contributed by atoms with E-state index >= 15 is 0 Å². The Morgan fingerprint density at radius 1 is 0.239 bits per heavy atom. The van der Waals surface area contributed by atoms with Crippen LogP contribution in [-0.2, 0) is 121 Å². The van der Waals surface area contributed by atoms with Gasteiger partial charge in [-0.3, -0.25) is 56.2 Å². The molecule has 6 radical (unpaired) electrons. The summed E-state index contributed by atoms with van der Waals surface area (Å²) in [6, 6.07) is 33.0. The molecule has 117 heavy (non-hydrogen) atoms. The Balaban J connectivity index is 0.000000688. The van der Waals surface area contributed by atoms with E-state index < -0.39 is 87.3 Å². The molecule has 0 spiro atoms. The van der Waals surface area contributed by atoms with Crippen LogP contribution in [-0.4, -0.2) is 59.8 Å². The van der Waals surface area contributed by atoms with Crippen molar-refractivity contribution in [1.29, 1.82) is 0 Å². The molecule has 18 rings (SSSR count). The van der Waals surface area contributed by atoms with E-state index in [2.05, 4.69) is 96.2 Å². The van der Waals surface area contributed by atoms with Crippen molar-refractivity contribution in [1.82, 2.24) is 59.8 Å². The molecule has 39 heteroatoms. The van der Waals surface area contributed by atoms with E-state index in [1.165, 1.54) is 112 Å². The number of nitrogens with zero attached hydrogens (tertiary/aromatic N) is 12. The summed E-state index contributed by atoms with van der Waals surface area (Å²) in [5.41, 5.74) is 2.42. The average Bonchev–Trinajstić information content (AvgIpc) is 1.55. The van der Waals surface area contributed by atoms with Crippen LogP contribution in [0.2, 0.25) is 0 Å². The summed E-state index contributed by atoms with van der Waals surface area (Å²) in [6.45, 7) is 0. The zero-order valence-corrected chi connectivity index (χ0v) is 72.8.